The van der Waals surface area contributed by atoms with Crippen LogP contribution in [0.15, 0.2) is 6.07 Å². The third-order valence-corrected chi connectivity index (χ3v) is 3.66. The van der Waals surface area contributed by atoms with Crippen molar-refractivity contribution in [1.29, 1.82) is 0 Å². The van der Waals surface area contributed by atoms with Crippen LogP contribution in [0.3, 0.4) is 0 Å². The van der Waals surface area contributed by atoms with Crippen molar-refractivity contribution >= 4 is 28.2 Å². The Balaban J connectivity index is 2.38. The fraction of sp³-hybridized carbons (Fsp3) is 0.455. The van der Waals surface area contributed by atoms with E-state index in [1.165, 1.54) is 23.3 Å². The van der Waals surface area contributed by atoms with E-state index in [1.54, 1.807) is 6.07 Å². The first-order valence-electron chi connectivity index (χ1n) is 5.20. The second-order valence-electron chi connectivity index (χ2n) is 3.93. The van der Waals surface area contributed by atoms with E-state index >= 15 is 0 Å². The highest BCUT2D eigenvalue weighted by Gasteiger charge is 2.33. The van der Waals surface area contributed by atoms with Gasteiger partial charge in [-0.3, -0.25) is 4.79 Å². The van der Waals surface area contributed by atoms with Gasteiger partial charge >= 0.3 is 5.97 Å². The maximum atomic E-state index is 11.7. The molecule has 1 unspecified atom stereocenters. The van der Waals surface area contributed by atoms with E-state index in [2.05, 4.69) is 4.74 Å². The summed E-state index contributed by atoms with van der Waals surface area (Å²) < 4.78 is 4.68. The number of carbonyl (C=O) groups excluding carboxylic acids is 2. The second-order valence-corrected chi connectivity index (χ2v) is 5.16. The van der Waals surface area contributed by atoms with Gasteiger partial charge in [0.25, 0.3) is 0 Å². The van der Waals surface area contributed by atoms with Gasteiger partial charge in [0.15, 0.2) is 0 Å². The van der Waals surface area contributed by atoms with E-state index in [9.17, 15) is 14.7 Å². The molecule has 1 amide bonds. The van der Waals surface area contributed by atoms with E-state index < -0.39 is 12.1 Å². The molecule has 2 heterocycles. The van der Waals surface area contributed by atoms with Gasteiger partial charge in [-0.15, -0.1) is 11.3 Å². The number of aliphatic hydroxyl groups is 1. The largest absolute Gasteiger partial charge is 0.465 e. The first-order chi connectivity index (χ1) is 8.02. The topological polar surface area (TPSA) is 66.8 Å². The van der Waals surface area contributed by atoms with Crippen LogP contribution in [0.5, 0.6) is 0 Å². The molecule has 1 saturated heterocycles. The lowest BCUT2D eigenvalue weighted by Crippen LogP contribution is -2.26. The summed E-state index contributed by atoms with van der Waals surface area (Å²) in [5.74, 6) is -0.622. The van der Waals surface area contributed by atoms with Crippen molar-refractivity contribution in [3.05, 3.63) is 16.5 Å². The average molecular weight is 255 g/mol. The molecule has 92 valence electrons. The van der Waals surface area contributed by atoms with E-state index in [4.69, 9.17) is 0 Å². The SMILES string of the molecule is COC(=O)c1cc(C)sc1N1CC(O)CC1=O. The van der Waals surface area contributed by atoms with Crippen LogP contribution in [0.4, 0.5) is 5.00 Å². The number of thiophene rings is 1. The number of hydrogen-bond acceptors (Lipinski definition) is 5. The maximum Gasteiger partial charge on any atom is 0.340 e. The molecule has 1 atom stereocenters. The van der Waals surface area contributed by atoms with Crippen LogP contribution in [0.1, 0.15) is 21.7 Å². The minimum Gasteiger partial charge on any atom is -0.465 e. The predicted molar refractivity (Wildman–Crippen MR) is 63.4 cm³/mol. The molecular formula is C11H13NO4S. The van der Waals surface area contributed by atoms with Crippen LogP contribution < -0.4 is 4.90 Å². The third-order valence-electron chi connectivity index (χ3n) is 2.59. The van der Waals surface area contributed by atoms with Crippen molar-refractivity contribution < 1.29 is 19.4 Å². The number of β-amino-alcohol motifs (C(OH)–C–C–N with tert-alkyl or cyclic N) is 1. The lowest BCUT2D eigenvalue weighted by Gasteiger charge is -2.14. The lowest BCUT2D eigenvalue weighted by atomic mass is 10.3. The Morgan fingerprint density at radius 3 is 2.88 bits per heavy atom. The summed E-state index contributed by atoms with van der Waals surface area (Å²) in [4.78, 5) is 25.6. The Bertz CT molecular complexity index is 468. The smallest absolute Gasteiger partial charge is 0.340 e. The molecule has 17 heavy (non-hydrogen) atoms. The molecule has 1 N–H and O–H groups in total. The van der Waals surface area contributed by atoms with Crippen LogP contribution in [-0.4, -0.2) is 36.7 Å². The summed E-state index contributed by atoms with van der Waals surface area (Å²) in [6, 6.07) is 1.70. The van der Waals surface area contributed by atoms with Crippen LogP contribution in [0, 0.1) is 6.92 Å². The molecule has 6 heteroatoms. The summed E-state index contributed by atoms with van der Waals surface area (Å²) in [5, 5.41) is 10.0. The summed E-state index contributed by atoms with van der Waals surface area (Å²) >= 11 is 1.35. The second kappa shape index (κ2) is 4.46. The number of hydrogen-bond donors (Lipinski definition) is 1. The molecule has 5 nitrogen and oxygen atoms in total. The first kappa shape index (κ1) is 12.1. The Kier molecular flexibility index (Phi) is 3.17. The minimum atomic E-state index is -0.657. The number of rotatable bonds is 2. The van der Waals surface area contributed by atoms with Gasteiger partial charge in [-0.05, 0) is 13.0 Å². The van der Waals surface area contributed by atoms with Crippen molar-refractivity contribution in [3.8, 4) is 0 Å². The van der Waals surface area contributed by atoms with Crippen LogP contribution in [0.2, 0.25) is 0 Å². The number of methoxy groups -OCH3 is 1. The predicted octanol–water partition coefficient (Wildman–Crippen LogP) is 0.941. The Morgan fingerprint density at radius 1 is 1.65 bits per heavy atom. The first-order valence-corrected chi connectivity index (χ1v) is 6.01. The molecule has 2 rings (SSSR count). The molecule has 1 aromatic rings. The molecule has 1 aromatic heterocycles. The number of carbonyl (C=O) groups is 2. The molecule has 0 saturated carbocycles. The molecule has 0 radical (unpaired) electrons. The zero-order valence-electron chi connectivity index (χ0n) is 9.60. The van der Waals surface area contributed by atoms with E-state index in [0.717, 1.165) is 4.88 Å². The van der Waals surface area contributed by atoms with Gasteiger partial charge in [0.1, 0.15) is 5.00 Å². The molecule has 0 bridgehead atoms. The summed E-state index contributed by atoms with van der Waals surface area (Å²) in [6.07, 6.45) is -0.548. The highest BCUT2D eigenvalue weighted by molar-refractivity contribution is 7.16. The number of esters is 1. The lowest BCUT2D eigenvalue weighted by molar-refractivity contribution is -0.117. The van der Waals surface area contributed by atoms with Crippen LogP contribution in [0.25, 0.3) is 0 Å². The molecule has 0 aliphatic carbocycles. The molecule has 1 fully saturated rings. The highest BCUT2D eigenvalue weighted by atomic mass is 32.1. The zero-order chi connectivity index (χ0) is 12.6. The standard InChI is InChI=1S/C11H13NO4S/c1-6-3-8(11(15)16-2)10(17-6)12-5-7(13)4-9(12)14/h3,7,13H,4-5H2,1-2H3. The van der Waals surface area contributed by atoms with E-state index in [-0.39, 0.29) is 18.9 Å². The monoisotopic (exact) mass is 255 g/mol. The number of ether oxygens (including phenoxy) is 1. The van der Waals surface area contributed by atoms with Crippen molar-refractivity contribution in [2.45, 2.75) is 19.4 Å². The van der Waals surface area contributed by atoms with Gasteiger partial charge in [0, 0.05) is 4.88 Å². The van der Waals surface area contributed by atoms with Crippen LogP contribution >= 0.6 is 11.3 Å². The molecule has 0 aromatic carbocycles. The van der Waals surface area contributed by atoms with E-state index in [1.807, 2.05) is 6.92 Å². The van der Waals surface area contributed by atoms with E-state index in [0.29, 0.717) is 10.6 Å². The Labute approximate surface area is 103 Å². The molecule has 1 aliphatic rings. The fourth-order valence-electron chi connectivity index (χ4n) is 1.84. The van der Waals surface area contributed by atoms with Crippen molar-refractivity contribution in [2.75, 3.05) is 18.6 Å². The zero-order valence-corrected chi connectivity index (χ0v) is 10.4. The maximum absolute atomic E-state index is 11.7. The van der Waals surface area contributed by atoms with Gasteiger partial charge in [-0.2, -0.15) is 0 Å². The quantitative estimate of drug-likeness (QED) is 0.799. The number of nitrogens with zero attached hydrogens (tertiary/aromatic N) is 1. The van der Waals surface area contributed by atoms with Gasteiger partial charge < -0.3 is 14.7 Å². The van der Waals surface area contributed by atoms with Crippen molar-refractivity contribution in [1.82, 2.24) is 0 Å². The summed E-state index contributed by atoms with van der Waals surface area (Å²) in [5.41, 5.74) is 0.387. The summed E-state index contributed by atoms with van der Waals surface area (Å²) in [7, 11) is 1.31. The molecule has 1 aliphatic heterocycles. The van der Waals surface area contributed by atoms with Gasteiger partial charge in [0.05, 0.1) is 31.7 Å². The van der Waals surface area contributed by atoms with Gasteiger partial charge in [0.2, 0.25) is 5.91 Å². The summed E-state index contributed by atoms with van der Waals surface area (Å²) in [6.45, 7) is 2.10. The van der Waals surface area contributed by atoms with Gasteiger partial charge in [-0.25, -0.2) is 4.79 Å². The Hall–Kier alpha value is -1.40. The number of anilines is 1. The number of aryl methyl sites for hydroxylation is 1. The normalized spacial score (nSPS) is 19.8. The Morgan fingerprint density at radius 2 is 2.35 bits per heavy atom. The van der Waals surface area contributed by atoms with Crippen LogP contribution in [-0.2, 0) is 9.53 Å². The fourth-order valence-corrected chi connectivity index (χ4v) is 2.86. The van der Waals surface area contributed by atoms with Gasteiger partial charge in [-0.1, -0.05) is 0 Å². The highest BCUT2D eigenvalue weighted by Crippen LogP contribution is 2.34. The molecule has 0 spiro atoms. The number of amides is 1. The molecular weight excluding hydrogens is 242 g/mol. The number of aliphatic hydroxyl groups excluding tert-OH is 1. The minimum absolute atomic E-state index is 0.109. The van der Waals surface area contributed by atoms with Crippen molar-refractivity contribution in [2.24, 2.45) is 0 Å². The third kappa shape index (κ3) is 2.18. The average Bonchev–Trinajstić information content (AvgIpc) is 2.80. The van der Waals surface area contributed by atoms with Crippen molar-refractivity contribution in [3.63, 3.8) is 0 Å².